The molecule has 0 spiro atoms. The van der Waals surface area contributed by atoms with E-state index < -0.39 is 27.1 Å². The lowest BCUT2D eigenvalue weighted by molar-refractivity contribution is 0.0613. The number of halogens is 2. The Morgan fingerprint density at radius 1 is 1.05 bits per heavy atom. The maximum absolute atomic E-state index is 13.7. The van der Waals surface area contributed by atoms with Gasteiger partial charge in [0.2, 0.25) is 5.95 Å². The number of rotatable bonds is 9. The number of fused-ring (bicyclic) bond motifs is 1. The summed E-state index contributed by atoms with van der Waals surface area (Å²) in [6, 6.07) is 4.24. The Bertz CT molecular complexity index is 1760. The molecule has 1 aromatic carbocycles. The molecule has 0 aliphatic heterocycles. The van der Waals surface area contributed by atoms with Crippen LogP contribution in [0.25, 0.3) is 20.8 Å². The Labute approximate surface area is 253 Å². The van der Waals surface area contributed by atoms with Crippen molar-refractivity contribution in [2.75, 3.05) is 22.9 Å². The van der Waals surface area contributed by atoms with Crippen LogP contribution in [-0.4, -0.2) is 57.4 Å². The average Bonchev–Trinajstić information content (AvgIpc) is 3.68. The zero-order valence-corrected chi connectivity index (χ0v) is 25.7. The van der Waals surface area contributed by atoms with Crippen LogP contribution in [0.3, 0.4) is 0 Å². The number of nitrogens with zero attached hydrogens (tertiary/aromatic N) is 4. The lowest BCUT2D eigenvalue weighted by Gasteiger charge is -2.23. The lowest BCUT2D eigenvalue weighted by Crippen LogP contribution is -2.34. The van der Waals surface area contributed by atoms with Crippen LogP contribution >= 0.6 is 11.3 Å². The molecular weight excluding hydrogens is 594 g/mol. The number of sulfone groups is 1. The summed E-state index contributed by atoms with van der Waals surface area (Å²) in [5.74, 6) is -1.24. The van der Waals surface area contributed by atoms with E-state index in [0.29, 0.717) is 49.3 Å². The summed E-state index contributed by atoms with van der Waals surface area (Å²) in [6.45, 7) is 4.16. The predicted octanol–water partition coefficient (Wildman–Crippen LogP) is 5.81. The summed E-state index contributed by atoms with van der Waals surface area (Å²) in [6.07, 6.45) is 7.08. The second-order valence-electron chi connectivity index (χ2n) is 11.8. The molecule has 2 saturated carbocycles. The summed E-state index contributed by atoms with van der Waals surface area (Å²) in [4.78, 5) is 18.5. The van der Waals surface area contributed by atoms with Gasteiger partial charge in [-0.2, -0.15) is 4.98 Å². The first-order valence-electron chi connectivity index (χ1n) is 14.5. The zero-order chi connectivity index (χ0) is 30.4. The van der Waals surface area contributed by atoms with E-state index in [1.54, 1.807) is 6.20 Å². The minimum Gasteiger partial charge on any atom is -0.388 e. The smallest absolute Gasteiger partial charge is 0.225 e. The SMILES string of the molecule is Cc1nc(NCC2(O)CCCC2)nc(N[C@H]2CCC(CS(=O)(=O)c3cc(F)cc(F)c3)C2)c1-c1nc2c(C)nccc2s1. The van der Waals surface area contributed by atoms with E-state index in [1.165, 1.54) is 11.3 Å². The van der Waals surface area contributed by atoms with Gasteiger partial charge in [0.15, 0.2) is 9.84 Å². The van der Waals surface area contributed by atoms with Crippen LogP contribution in [0, 0.1) is 31.4 Å². The standard InChI is InChI=1S/C30H34F2N6O3S2/c1-17-25(28-37-26-18(2)33-10-7-24(26)42-28)27(38-29(35-17)34-16-30(39)8-3-4-9-30)36-22-6-5-19(11-22)15-43(40,41)23-13-20(31)12-21(32)14-23/h7,10,12-14,19,22,39H,3-6,8-9,11,15-16H2,1-2H3,(H2,34,35,36,38)/t19?,22-/m0/s1. The quantitative estimate of drug-likeness (QED) is 0.210. The second-order valence-corrected chi connectivity index (χ2v) is 14.9. The van der Waals surface area contributed by atoms with Crippen molar-refractivity contribution in [1.29, 1.82) is 0 Å². The summed E-state index contributed by atoms with van der Waals surface area (Å²) in [7, 11) is -3.87. The first kappa shape index (κ1) is 29.8. The van der Waals surface area contributed by atoms with Crippen molar-refractivity contribution in [3.05, 3.63) is 53.5 Å². The van der Waals surface area contributed by atoms with Gasteiger partial charge < -0.3 is 15.7 Å². The third kappa shape index (κ3) is 6.48. The molecule has 2 atom stereocenters. The highest BCUT2D eigenvalue weighted by Gasteiger charge is 2.33. The monoisotopic (exact) mass is 628 g/mol. The molecule has 228 valence electrons. The van der Waals surface area contributed by atoms with Crippen LogP contribution in [-0.2, 0) is 9.84 Å². The predicted molar refractivity (Wildman–Crippen MR) is 163 cm³/mol. The summed E-state index contributed by atoms with van der Waals surface area (Å²) in [5, 5.41) is 18.4. The van der Waals surface area contributed by atoms with Crippen molar-refractivity contribution in [1.82, 2.24) is 19.9 Å². The Hall–Kier alpha value is -3.29. The largest absolute Gasteiger partial charge is 0.388 e. The lowest BCUT2D eigenvalue weighted by atomic mass is 10.0. The number of anilines is 2. The Kier molecular flexibility index (Phi) is 8.07. The van der Waals surface area contributed by atoms with Crippen LogP contribution in [0.1, 0.15) is 56.3 Å². The minimum atomic E-state index is -3.87. The highest BCUT2D eigenvalue weighted by Crippen LogP contribution is 2.39. The van der Waals surface area contributed by atoms with Crippen LogP contribution in [0.2, 0.25) is 0 Å². The van der Waals surface area contributed by atoms with Crippen molar-refractivity contribution in [3.8, 4) is 10.6 Å². The van der Waals surface area contributed by atoms with Gasteiger partial charge in [-0.25, -0.2) is 27.2 Å². The van der Waals surface area contributed by atoms with Gasteiger partial charge in [-0.3, -0.25) is 4.98 Å². The molecule has 2 aliphatic rings. The molecular formula is C30H34F2N6O3S2. The van der Waals surface area contributed by atoms with Crippen molar-refractivity contribution >= 4 is 43.2 Å². The maximum atomic E-state index is 13.7. The molecule has 2 aliphatic carbocycles. The van der Waals surface area contributed by atoms with E-state index in [1.807, 2.05) is 19.9 Å². The first-order valence-corrected chi connectivity index (χ1v) is 17.0. The van der Waals surface area contributed by atoms with Crippen LogP contribution in [0.4, 0.5) is 20.5 Å². The van der Waals surface area contributed by atoms with E-state index in [2.05, 4.69) is 15.6 Å². The number of thiazole rings is 1. The van der Waals surface area contributed by atoms with Crippen LogP contribution < -0.4 is 10.6 Å². The summed E-state index contributed by atoms with van der Waals surface area (Å²) >= 11 is 1.53. The maximum Gasteiger partial charge on any atom is 0.225 e. The molecule has 3 N–H and O–H groups in total. The molecule has 4 aromatic rings. The van der Waals surface area contributed by atoms with E-state index in [9.17, 15) is 22.3 Å². The third-order valence-corrected chi connectivity index (χ3v) is 11.3. The number of nitrogens with one attached hydrogen (secondary N) is 2. The second kappa shape index (κ2) is 11.7. The number of aliphatic hydroxyl groups is 1. The number of aryl methyl sites for hydroxylation is 2. The molecule has 0 amide bonds. The average molecular weight is 629 g/mol. The van der Waals surface area contributed by atoms with Crippen molar-refractivity contribution in [2.45, 2.75) is 75.3 Å². The molecule has 0 saturated heterocycles. The number of pyridine rings is 1. The molecule has 2 fully saturated rings. The molecule has 1 unspecified atom stereocenters. The highest BCUT2D eigenvalue weighted by molar-refractivity contribution is 7.91. The summed E-state index contributed by atoms with van der Waals surface area (Å²) in [5.41, 5.74) is 2.34. The summed E-state index contributed by atoms with van der Waals surface area (Å²) < 4.78 is 54.4. The fraction of sp³-hybridized carbons (Fsp3) is 0.467. The van der Waals surface area contributed by atoms with Gasteiger partial charge in [0.25, 0.3) is 0 Å². The topological polar surface area (TPSA) is 130 Å². The Morgan fingerprint density at radius 3 is 2.51 bits per heavy atom. The van der Waals surface area contributed by atoms with Crippen LogP contribution in [0.15, 0.2) is 35.4 Å². The molecule has 3 aromatic heterocycles. The molecule has 3 heterocycles. The molecule has 13 heteroatoms. The van der Waals surface area contributed by atoms with E-state index >= 15 is 0 Å². The van der Waals surface area contributed by atoms with E-state index in [-0.39, 0.29) is 22.6 Å². The zero-order valence-electron chi connectivity index (χ0n) is 24.0. The van der Waals surface area contributed by atoms with Gasteiger partial charge >= 0.3 is 0 Å². The normalized spacial score (nSPS) is 20.1. The molecule has 6 rings (SSSR count). The molecule has 43 heavy (non-hydrogen) atoms. The van der Waals surface area contributed by atoms with Crippen molar-refractivity contribution in [2.24, 2.45) is 5.92 Å². The fourth-order valence-corrected chi connectivity index (χ4v) is 9.03. The van der Waals surface area contributed by atoms with E-state index in [0.717, 1.165) is 64.3 Å². The Balaban J connectivity index is 1.26. The van der Waals surface area contributed by atoms with E-state index in [4.69, 9.17) is 15.0 Å². The highest BCUT2D eigenvalue weighted by atomic mass is 32.2. The molecule has 9 nitrogen and oxygen atoms in total. The van der Waals surface area contributed by atoms with Gasteiger partial charge in [-0.1, -0.05) is 12.8 Å². The number of aromatic nitrogens is 4. The number of hydrogen-bond donors (Lipinski definition) is 3. The fourth-order valence-electron chi connectivity index (χ4n) is 6.22. The molecule has 0 radical (unpaired) electrons. The Morgan fingerprint density at radius 2 is 1.79 bits per heavy atom. The van der Waals surface area contributed by atoms with Crippen molar-refractivity contribution in [3.63, 3.8) is 0 Å². The molecule has 0 bridgehead atoms. The van der Waals surface area contributed by atoms with Gasteiger partial charge in [0, 0.05) is 24.8 Å². The minimum absolute atomic E-state index is 0.0813. The number of benzene rings is 1. The van der Waals surface area contributed by atoms with Gasteiger partial charge in [0.1, 0.15) is 28.0 Å². The third-order valence-electron chi connectivity index (χ3n) is 8.44. The van der Waals surface area contributed by atoms with Crippen molar-refractivity contribution < 1.29 is 22.3 Å². The number of hydrogen-bond acceptors (Lipinski definition) is 10. The van der Waals surface area contributed by atoms with Gasteiger partial charge in [-0.05, 0) is 70.1 Å². The van der Waals surface area contributed by atoms with Crippen LogP contribution in [0.5, 0.6) is 0 Å². The first-order chi connectivity index (χ1) is 20.5. The van der Waals surface area contributed by atoms with Gasteiger partial charge in [-0.15, -0.1) is 11.3 Å². The van der Waals surface area contributed by atoms with Gasteiger partial charge in [0.05, 0.1) is 37.9 Å².